The minimum absolute atomic E-state index is 0.534. The van der Waals surface area contributed by atoms with E-state index in [2.05, 4.69) is 168 Å². The first-order valence-corrected chi connectivity index (χ1v) is 20.6. The summed E-state index contributed by atoms with van der Waals surface area (Å²) in [5, 5.41) is 9.61. The fourth-order valence-corrected chi connectivity index (χ4v) is 10.3. The lowest BCUT2D eigenvalue weighted by Crippen LogP contribution is -2.12. The van der Waals surface area contributed by atoms with Crippen molar-refractivity contribution in [1.29, 1.82) is 0 Å². The zero-order chi connectivity index (χ0) is 37.9. The summed E-state index contributed by atoms with van der Waals surface area (Å²) < 4.78 is 12.9. The van der Waals surface area contributed by atoms with E-state index in [9.17, 15) is 0 Å². The molecule has 1 aliphatic carbocycles. The standard InChI is InChI=1S/C54H38N2O2/c1-3-7-31(8-4-1)35-15-19-47-39(23-35)41-27-50-42(28-49(41)55-47)40-24-36(16-20-48(40)56-50)33-11-13-34(14-12-33)38-18-22-52-44(26-38)46-30-53-45(29-54(46)58-52)43-25-37(17-21-51(43)57-53)32-9-5-2-6-10-32/h1-10,15-30,33-34,55-56H,11-14H2. The van der Waals surface area contributed by atoms with Gasteiger partial charge in [-0.3, -0.25) is 0 Å². The largest absolute Gasteiger partial charge is 0.456 e. The number of rotatable bonds is 4. The predicted octanol–water partition coefficient (Wildman–Crippen LogP) is 15.5. The van der Waals surface area contributed by atoms with E-state index in [0.717, 1.165) is 38.5 Å². The van der Waals surface area contributed by atoms with E-state index < -0.39 is 0 Å². The second kappa shape index (κ2) is 12.2. The van der Waals surface area contributed by atoms with Gasteiger partial charge in [0.15, 0.2) is 0 Å². The van der Waals surface area contributed by atoms with Crippen molar-refractivity contribution in [3.63, 3.8) is 0 Å². The van der Waals surface area contributed by atoms with Crippen molar-refractivity contribution in [2.45, 2.75) is 37.5 Å². The number of fused-ring (bicyclic) bond motifs is 12. The molecule has 1 fully saturated rings. The summed E-state index contributed by atoms with van der Waals surface area (Å²) in [6.07, 6.45) is 4.72. The van der Waals surface area contributed by atoms with Crippen molar-refractivity contribution < 1.29 is 8.83 Å². The lowest BCUT2D eigenvalue weighted by molar-refractivity contribution is 0.397. The van der Waals surface area contributed by atoms with Gasteiger partial charge in [-0.1, -0.05) is 84.9 Å². The number of furan rings is 2. The summed E-state index contributed by atoms with van der Waals surface area (Å²) in [7, 11) is 0. The quantitative estimate of drug-likeness (QED) is 0.188. The van der Waals surface area contributed by atoms with E-state index in [1.807, 2.05) is 0 Å². The third-order valence-corrected chi connectivity index (χ3v) is 13.3. The first-order chi connectivity index (χ1) is 28.7. The summed E-state index contributed by atoms with van der Waals surface area (Å²) in [6, 6.07) is 57.4. The molecule has 0 spiro atoms. The van der Waals surface area contributed by atoms with Crippen LogP contribution < -0.4 is 0 Å². The van der Waals surface area contributed by atoms with Gasteiger partial charge in [0, 0.05) is 65.2 Å². The molecule has 4 aromatic heterocycles. The van der Waals surface area contributed by atoms with Crippen LogP contribution in [0.25, 0.3) is 110 Å². The Morgan fingerprint density at radius 2 is 0.724 bits per heavy atom. The maximum Gasteiger partial charge on any atom is 0.136 e. The van der Waals surface area contributed by atoms with E-state index in [0.29, 0.717) is 11.8 Å². The Labute approximate surface area is 333 Å². The Morgan fingerprint density at radius 1 is 0.310 bits per heavy atom. The van der Waals surface area contributed by atoms with Crippen molar-refractivity contribution >= 4 is 87.5 Å². The number of nitrogens with one attached hydrogen (secondary N) is 2. The van der Waals surface area contributed by atoms with Crippen LogP contribution in [-0.4, -0.2) is 9.97 Å². The molecule has 2 N–H and O–H groups in total. The van der Waals surface area contributed by atoms with Crippen LogP contribution in [-0.2, 0) is 0 Å². The highest BCUT2D eigenvalue weighted by molar-refractivity contribution is 6.18. The topological polar surface area (TPSA) is 57.9 Å². The number of benzene rings is 8. The summed E-state index contributed by atoms with van der Waals surface area (Å²) in [4.78, 5) is 7.47. The normalized spacial score (nSPS) is 16.3. The van der Waals surface area contributed by atoms with Crippen LogP contribution in [0.15, 0.2) is 167 Å². The van der Waals surface area contributed by atoms with E-state index in [1.165, 1.54) is 108 Å². The Bertz CT molecular complexity index is 3340. The van der Waals surface area contributed by atoms with E-state index in [4.69, 9.17) is 8.83 Å². The maximum absolute atomic E-state index is 6.48. The molecule has 4 heteroatoms. The van der Waals surface area contributed by atoms with Crippen molar-refractivity contribution in [1.82, 2.24) is 9.97 Å². The Morgan fingerprint density at radius 3 is 1.31 bits per heavy atom. The lowest BCUT2D eigenvalue weighted by atomic mass is 9.76. The molecule has 0 unspecified atom stereocenters. The predicted molar refractivity (Wildman–Crippen MR) is 241 cm³/mol. The molecule has 276 valence electrons. The molecule has 1 saturated carbocycles. The van der Waals surface area contributed by atoms with Gasteiger partial charge in [-0.05, 0) is 144 Å². The molecule has 4 heterocycles. The van der Waals surface area contributed by atoms with E-state index in [1.54, 1.807) is 0 Å². The van der Waals surface area contributed by atoms with Crippen molar-refractivity contribution in [2.75, 3.05) is 0 Å². The highest BCUT2D eigenvalue weighted by Gasteiger charge is 2.25. The summed E-state index contributed by atoms with van der Waals surface area (Å²) in [5.41, 5.74) is 16.1. The zero-order valence-electron chi connectivity index (χ0n) is 31.8. The van der Waals surface area contributed by atoms with Gasteiger partial charge in [0.25, 0.3) is 0 Å². The van der Waals surface area contributed by atoms with Gasteiger partial charge in [0.05, 0.1) is 0 Å². The van der Waals surface area contributed by atoms with Crippen LogP contribution >= 0.6 is 0 Å². The molecule has 8 aromatic carbocycles. The molecule has 12 aromatic rings. The van der Waals surface area contributed by atoms with E-state index >= 15 is 0 Å². The molecule has 0 amide bonds. The minimum atomic E-state index is 0.534. The van der Waals surface area contributed by atoms with Gasteiger partial charge < -0.3 is 18.8 Å². The smallest absolute Gasteiger partial charge is 0.136 e. The highest BCUT2D eigenvalue weighted by Crippen LogP contribution is 2.44. The van der Waals surface area contributed by atoms with Crippen molar-refractivity contribution in [3.05, 3.63) is 169 Å². The van der Waals surface area contributed by atoms with Crippen LogP contribution in [0, 0.1) is 0 Å². The van der Waals surface area contributed by atoms with Gasteiger partial charge in [0.1, 0.15) is 22.3 Å². The molecule has 0 radical (unpaired) electrons. The van der Waals surface area contributed by atoms with Crippen LogP contribution in [0.3, 0.4) is 0 Å². The minimum Gasteiger partial charge on any atom is -0.456 e. The van der Waals surface area contributed by atoms with Gasteiger partial charge in [0.2, 0.25) is 0 Å². The molecular weight excluding hydrogens is 709 g/mol. The highest BCUT2D eigenvalue weighted by atomic mass is 16.3. The Balaban J connectivity index is 0.784. The molecule has 58 heavy (non-hydrogen) atoms. The van der Waals surface area contributed by atoms with Gasteiger partial charge in [-0.15, -0.1) is 0 Å². The second-order valence-corrected chi connectivity index (χ2v) is 16.6. The lowest BCUT2D eigenvalue weighted by Gasteiger charge is -2.29. The number of H-pyrrole nitrogens is 2. The Hall–Kier alpha value is -7.04. The molecule has 0 saturated heterocycles. The van der Waals surface area contributed by atoms with Crippen LogP contribution in [0.2, 0.25) is 0 Å². The fourth-order valence-electron chi connectivity index (χ4n) is 10.3. The van der Waals surface area contributed by atoms with Crippen LogP contribution in [0.1, 0.15) is 48.6 Å². The summed E-state index contributed by atoms with van der Waals surface area (Å²) in [5.74, 6) is 1.09. The van der Waals surface area contributed by atoms with Crippen molar-refractivity contribution in [2.24, 2.45) is 0 Å². The van der Waals surface area contributed by atoms with Crippen molar-refractivity contribution in [3.8, 4) is 22.3 Å². The zero-order valence-corrected chi connectivity index (χ0v) is 31.8. The molecule has 0 bridgehead atoms. The van der Waals surface area contributed by atoms with Gasteiger partial charge in [-0.2, -0.15) is 0 Å². The summed E-state index contributed by atoms with van der Waals surface area (Å²) in [6.45, 7) is 0. The molecule has 4 nitrogen and oxygen atoms in total. The van der Waals surface area contributed by atoms with Gasteiger partial charge in [-0.25, -0.2) is 0 Å². The number of aromatic amines is 2. The first-order valence-electron chi connectivity index (χ1n) is 20.6. The van der Waals surface area contributed by atoms with Gasteiger partial charge >= 0.3 is 0 Å². The molecule has 0 aliphatic heterocycles. The number of hydrogen-bond donors (Lipinski definition) is 2. The fraction of sp³-hybridized carbons (Fsp3) is 0.111. The monoisotopic (exact) mass is 746 g/mol. The Kier molecular flexibility index (Phi) is 6.77. The first kappa shape index (κ1) is 32.1. The van der Waals surface area contributed by atoms with Crippen LogP contribution in [0.5, 0.6) is 0 Å². The SMILES string of the molecule is c1ccc(-c2ccc3[nH]c4cc5c(cc4c3c2)[nH]c2ccc(C3CCC(c4ccc6oc7cc8c(cc7c6c4)oc4ccc(-c6ccccc6)cc48)CC3)cc25)cc1. The third kappa shape index (κ3) is 4.94. The molecular formula is C54H38N2O2. The molecule has 0 atom stereocenters. The average molecular weight is 747 g/mol. The summed E-state index contributed by atoms with van der Waals surface area (Å²) >= 11 is 0. The average Bonchev–Trinajstić information content (AvgIpc) is 4.04. The van der Waals surface area contributed by atoms with Crippen LogP contribution in [0.4, 0.5) is 0 Å². The van der Waals surface area contributed by atoms with E-state index in [-0.39, 0.29) is 0 Å². The third-order valence-electron chi connectivity index (χ3n) is 13.3. The number of aromatic nitrogens is 2. The second-order valence-electron chi connectivity index (χ2n) is 16.6. The molecule has 1 aliphatic rings. The molecule has 13 rings (SSSR count). The number of hydrogen-bond acceptors (Lipinski definition) is 2. The maximum atomic E-state index is 6.48.